The smallest absolute Gasteiger partial charge is 0.264 e. The number of aryl methyl sites for hydroxylation is 3. The zero-order chi connectivity index (χ0) is 24.0. The quantitative estimate of drug-likeness (QED) is 0.415. The number of rotatable bonds is 7. The van der Waals surface area contributed by atoms with E-state index < -0.39 is 6.43 Å². The number of anilines is 1. The molecule has 9 heteroatoms. The third-order valence-corrected chi connectivity index (χ3v) is 6.28. The molecule has 0 spiro atoms. The van der Waals surface area contributed by atoms with Crippen LogP contribution in [0.2, 0.25) is 0 Å². The van der Waals surface area contributed by atoms with Gasteiger partial charge in [-0.2, -0.15) is 10.2 Å². The lowest BCUT2D eigenvalue weighted by atomic mass is 10.1. The average molecular weight is 465 g/mol. The summed E-state index contributed by atoms with van der Waals surface area (Å²) < 4.78 is 30.8. The van der Waals surface area contributed by atoms with E-state index in [1.165, 1.54) is 16.3 Å². The Balaban J connectivity index is 1.37. The number of fused-ring (bicyclic) bond motifs is 1. The van der Waals surface area contributed by atoms with Gasteiger partial charge in [0.05, 0.1) is 17.6 Å². The SMILES string of the molecule is Cc1ccccc1Cn1nc(NC(=O)Cn2nc(C)c3c(C(F)F)cc(C4CC4)nc32)cc1C. The maximum Gasteiger partial charge on any atom is 0.264 e. The third kappa shape index (κ3) is 4.30. The highest BCUT2D eigenvalue weighted by molar-refractivity contribution is 5.91. The van der Waals surface area contributed by atoms with Crippen LogP contribution in [0.25, 0.3) is 11.0 Å². The Morgan fingerprint density at radius 3 is 2.59 bits per heavy atom. The van der Waals surface area contributed by atoms with Crippen molar-refractivity contribution >= 4 is 22.8 Å². The minimum atomic E-state index is -2.63. The first-order chi connectivity index (χ1) is 16.3. The number of benzene rings is 1. The van der Waals surface area contributed by atoms with Gasteiger partial charge in [-0.1, -0.05) is 24.3 Å². The number of hydrogen-bond donors (Lipinski definition) is 1. The Labute approximate surface area is 195 Å². The van der Waals surface area contributed by atoms with Crippen molar-refractivity contribution in [2.45, 2.75) is 59.0 Å². The lowest BCUT2D eigenvalue weighted by molar-refractivity contribution is -0.116. The van der Waals surface area contributed by atoms with Crippen molar-refractivity contribution in [1.29, 1.82) is 0 Å². The average Bonchev–Trinajstić information content (AvgIpc) is 3.52. The monoisotopic (exact) mass is 464 g/mol. The summed E-state index contributed by atoms with van der Waals surface area (Å²) in [7, 11) is 0. The predicted octanol–water partition coefficient (Wildman–Crippen LogP) is 5.06. The van der Waals surface area contributed by atoms with Crippen molar-refractivity contribution in [2.75, 3.05) is 5.32 Å². The topological polar surface area (TPSA) is 77.6 Å². The summed E-state index contributed by atoms with van der Waals surface area (Å²) >= 11 is 0. The molecule has 1 aliphatic rings. The highest BCUT2D eigenvalue weighted by Crippen LogP contribution is 2.41. The summed E-state index contributed by atoms with van der Waals surface area (Å²) in [6, 6.07) is 11.4. The molecule has 1 amide bonds. The molecule has 0 unspecified atom stereocenters. The summed E-state index contributed by atoms with van der Waals surface area (Å²) in [5, 5.41) is 12.0. The van der Waals surface area contributed by atoms with Crippen LogP contribution in [0.15, 0.2) is 36.4 Å². The lowest BCUT2D eigenvalue weighted by Crippen LogP contribution is -2.20. The maximum absolute atomic E-state index is 13.8. The molecule has 0 saturated heterocycles. The molecule has 0 bridgehead atoms. The van der Waals surface area contributed by atoms with Gasteiger partial charge >= 0.3 is 0 Å². The molecule has 4 aromatic rings. The standard InChI is InChI=1S/C25H26F2N6O/c1-14-6-4-5-7-18(14)12-32-15(2)10-21(31-32)29-22(34)13-33-25-23(16(3)30-33)19(24(26)27)11-20(28-25)17-8-9-17/h4-7,10-11,17,24H,8-9,12-13H2,1-3H3,(H,29,31,34). The fraction of sp³-hybridized carbons (Fsp3) is 0.360. The van der Waals surface area contributed by atoms with Gasteiger partial charge in [0.15, 0.2) is 11.5 Å². The summed E-state index contributed by atoms with van der Waals surface area (Å²) in [6.45, 7) is 6.10. The van der Waals surface area contributed by atoms with Gasteiger partial charge in [-0.05, 0) is 50.8 Å². The zero-order valence-corrected chi connectivity index (χ0v) is 19.3. The molecule has 0 radical (unpaired) electrons. The second-order valence-corrected chi connectivity index (χ2v) is 8.96. The molecule has 1 aliphatic carbocycles. The first kappa shape index (κ1) is 22.2. The predicted molar refractivity (Wildman–Crippen MR) is 125 cm³/mol. The molecule has 7 nitrogen and oxygen atoms in total. The molecule has 34 heavy (non-hydrogen) atoms. The van der Waals surface area contributed by atoms with Crippen LogP contribution in [0, 0.1) is 20.8 Å². The van der Waals surface area contributed by atoms with Crippen molar-refractivity contribution in [3.05, 3.63) is 70.2 Å². The number of pyridine rings is 1. The van der Waals surface area contributed by atoms with Crippen LogP contribution >= 0.6 is 0 Å². The molecule has 3 aromatic heterocycles. The Bertz CT molecular complexity index is 1390. The Morgan fingerprint density at radius 2 is 1.88 bits per heavy atom. The van der Waals surface area contributed by atoms with Gasteiger partial charge in [-0.15, -0.1) is 0 Å². The van der Waals surface area contributed by atoms with Gasteiger partial charge < -0.3 is 5.32 Å². The molecule has 1 saturated carbocycles. The van der Waals surface area contributed by atoms with Crippen molar-refractivity contribution in [3.63, 3.8) is 0 Å². The molecule has 176 valence electrons. The number of hydrogen-bond acceptors (Lipinski definition) is 4. The number of amides is 1. The van der Waals surface area contributed by atoms with Crippen molar-refractivity contribution in [3.8, 4) is 0 Å². The van der Waals surface area contributed by atoms with Crippen LogP contribution in [-0.4, -0.2) is 30.5 Å². The summed E-state index contributed by atoms with van der Waals surface area (Å²) in [6.07, 6.45) is -0.744. The third-order valence-electron chi connectivity index (χ3n) is 6.28. The molecule has 1 aromatic carbocycles. The fourth-order valence-corrected chi connectivity index (χ4v) is 4.28. The number of halogens is 2. The van der Waals surface area contributed by atoms with Gasteiger partial charge in [-0.25, -0.2) is 18.4 Å². The summed E-state index contributed by atoms with van der Waals surface area (Å²) in [5.41, 5.74) is 4.58. The lowest BCUT2D eigenvalue weighted by Gasteiger charge is -2.08. The van der Waals surface area contributed by atoms with Gasteiger partial charge in [0.25, 0.3) is 6.43 Å². The van der Waals surface area contributed by atoms with Crippen LogP contribution < -0.4 is 5.32 Å². The van der Waals surface area contributed by atoms with E-state index in [1.54, 1.807) is 13.0 Å². The Hall–Kier alpha value is -3.62. The van der Waals surface area contributed by atoms with Gasteiger partial charge in [0.2, 0.25) is 5.91 Å². The summed E-state index contributed by atoms with van der Waals surface area (Å²) in [5.74, 6) is 0.297. The molecule has 0 atom stereocenters. The van der Waals surface area contributed by atoms with Crippen molar-refractivity contribution in [1.82, 2.24) is 24.5 Å². The van der Waals surface area contributed by atoms with E-state index in [-0.39, 0.29) is 23.9 Å². The molecule has 3 heterocycles. The van der Waals surface area contributed by atoms with Crippen LogP contribution in [0.5, 0.6) is 0 Å². The largest absolute Gasteiger partial charge is 0.308 e. The highest BCUT2D eigenvalue weighted by Gasteiger charge is 2.29. The van der Waals surface area contributed by atoms with Crippen LogP contribution in [-0.2, 0) is 17.9 Å². The van der Waals surface area contributed by atoms with Gasteiger partial charge in [-0.3, -0.25) is 9.48 Å². The minimum absolute atomic E-state index is 0.0679. The molecule has 1 N–H and O–H groups in total. The normalized spacial score (nSPS) is 13.7. The molecule has 5 rings (SSSR count). The van der Waals surface area contributed by atoms with Crippen LogP contribution in [0.3, 0.4) is 0 Å². The second kappa shape index (κ2) is 8.62. The zero-order valence-electron chi connectivity index (χ0n) is 19.3. The molecule has 1 fully saturated rings. The van der Waals surface area contributed by atoms with Crippen LogP contribution in [0.1, 0.15) is 59.0 Å². The second-order valence-electron chi connectivity index (χ2n) is 8.96. The Kier molecular flexibility index (Phi) is 5.63. The number of nitrogens with one attached hydrogen (secondary N) is 1. The molecular formula is C25H26F2N6O. The molecular weight excluding hydrogens is 438 g/mol. The van der Waals surface area contributed by atoms with E-state index in [9.17, 15) is 13.6 Å². The molecule has 0 aliphatic heterocycles. The van der Waals surface area contributed by atoms with E-state index in [0.717, 1.165) is 24.1 Å². The fourth-order valence-electron chi connectivity index (χ4n) is 4.28. The minimum Gasteiger partial charge on any atom is -0.308 e. The van der Waals surface area contributed by atoms with E-state index >= 15 is 0 Å². The number of nitrogens with zero attached hydrogens (tertiary/aromatic N) is 5. The maximum atomic E-state index is 13.8. The van der Waals surface area contributed by atoms with E-state index in [2.05, 4.69) is 39.6 Å². The van der Waals surface area contributed by atoms with Crippen molar-refractivity contribution in [2.24, 2.45) is 0 Å². The van der Waals surface area contributed by atoms with Gasteiger partial charge in [0, 0.05) is 28.9 Å². The van der Waals surface area contributed by atoms with E-state index in [0.29, 0.717) is 34.8 Å². The number of carbonyl (C=O) groups excluding carboxylic acids is 1. The first-order valence-electron chi connectivity index (χ1n) is 11.3. The highest BCUT2D eigenvalue weighted by atomic mass is 19.3. The van der Waals surface area contributed by atoms with Gasteiger partial charge in [0.1, 0.15) is 6.54 Å². The number of aromatic nitrogens is 5. The van der Waals surface area contributed by atoms with E-state index in [1.807, 2.05) is 23.7 Å². The summed E-state index contributed by atoms with van der Waals surface area (Å²) in [4.78, 5) is 17.4. The van der Waals surface area contributed by atoms with Crippen LogP contribution in [0.4, 0.5) is 14.6 Å². The number of carbonyl (C=O) groups is 1. The number of alkyl halides is 2. The first-order valence-corrected chi connectivity index (χ1v) is 11.3. The van der Waals surface area contributed by atoms with E-state index in [4.69, 9.17) is 0 Å². The van der Waals surface area contributed by atoms with Crippen molar-refractivity contribution < 1.29 is 13.6 Å². The Morgan fingerprint density at radius 1 is 1.12 bits per heavy atom.